The molecule has 32 heavy (non-hydrogen) atoms. The number of para-hydroxylation sites is 1. The maximum atomic E-state index is 12.7. The Bertz CT molecular complexity index is 1070. The molecule has 4 rings (SSSR count). The summed E-state index contributed by atoms with van der Waals surface area (Å²) in [7, 11) is 0. The van der Waals surface area contributed by atoms with E-state index in [4.69, 9.17) is 4.98 Å². The number of aliphatic hydroxyl groups is 1. The summed E-state index contributed by atoms with van der Waals surface area (Å²) < 4.78 is 39.2. The van der Waals surface area contributed by atoms with Gasteiger partial charge in [-0.1, -0.05) is 26.0 Å². The third-order valence-electron chi connectivity index (χ3n) is 6.37. The molecule has 0 radical (unpaired) electrons. The molecule has 0 amide bonds. The van der Waals surface area contributed by atoms with Gasteiger partial charge >= 0.3 is 6.18 Å². The highest BCUT2D eigenvalue weighted by Crippen LogP contribution is 2.41. The summed E-state index contributed by atoms with van der Waals surface area (Å²) in [5.74, 6) is 1.12. The fourth-order valence-corrected chi connectivity index (χ4v) is 5.39. The largest absolute Gasteiger partial charge is 0.405 e. The van der Waals surface area contributed by atoms with E-state index >= 15 is 0 Å². The number of benzene rings is 1. The molecule has 0 bridgehead atoms. The summed E-state index contributed by atoms with van der Waals surface area (Å²) in [6.45, 7) is 4.88. The predicted molar refractivity (Wildman–Crippen MR) is 121 cm³/mol. The second-order valence-electron chi connectivity index (χ2n) is 8.46. The minimum absolute atomic E-state index is 0.0278. The number of hydrogen-bond donors (Lipinski definition) is 3. The number of hydrogen-bond acceptors (Lipinski definition) is 7. The number of halogens is 3. The number of fused-ring (bicyclic) bond motifs is 1. The van der Waals surface area contributed by atoms with Gasteiger partial charge in [-0.3, -0.25) is 0 Å². The van der Waals surface area contributed by atoms with E-state index in [0.29, 0.717) is 28.0 Å². The summed E-state index contributed by atoms with van der Waals surface area (Å²) in [4.78, 5) is 13.4. The van der Waals surface area contributed by atoms with Crippen molar-refractivity contribution in [2.24, 2.45) is 17.8 Å². The monoisotopic (exact) mass is 465 g/mol. The summed E-state index contributed by atoms with van der Waals surface area (Å²) >= 11 is 1.49. The molecule has 0 saturated heterocycles. The van der Waals surface area contributed by atoms with Crippen LogP contribution in [0.1, 0.15) is 26.0 Å². The van der Waals surface area contributed by atoms with Crippen LogP contribution in [0.2, 0.25) is 0 Å². The van der Waals surface area contributed by atoms with Crippen molar-refractivity contribution in [2.45, 2.75) is 39.4 Å². The molecule has 0 aliphatic heterocycles. The Balaban J connectivity index is 1.74. The highest BCUT2D eigenvalue weighted by atomic mass is 32.1. The van der Waals surface area contributed by atoms with Crippen LogP contribution in [0.25, 0.3) is 20.8 Å². The number of thiazole rings is 1. The lowest BCUT2D eigenvalue weighted by Gasteiger charge is -2.22. The number of aromatic nitrogens is 3. The van der Waals surface area contributed by atoms with E-state index in [1.807, 2.05) is 24.3 Å². The molecule has 2 aromatic heterocycles. The minimum Gasteiger partial charge on any atom is -0.396 e. The van der Waals surface area contributed by atoms with Crippen molar-refractivity contribution in [2.75, 3.05) is 23.8 Å². The van der Waals surface area contributed by atoms with Crippen LogP contribution in [-0.2, 0) is 0 Å². The average Bonchev–Trinajstić information content (AvgIpc) is 3.27. The van der Waals surface area contributed by atoms with Gasteiger partial charge in [-0.2, -0.15) is 18.2 Å². The molecule has 172 valence electrons. The van der Waals surface area contributed by atoms with Crippen molar-refractivity contribution in [1.82, 2.24) is 15.0 Å². The van der Waals surface area contributed by atoms with Crippen molar-refractivity contribution in [3.05, 3.63) is 30.0 Å². The summed E-state index contributed by atoms with van der Waals surface area (Å²) in [6.07, 6.45) is -3.62. The summed E-state index contributed by atoms with van der Waals surface area (Å²) in [5.41, 5.74) is 2.08. The molecule has 6 nitrogen and oxygen atoms in total. The minimum atomic E-state index is -4.37. The Morgan fingerprint density at radius 1 is 1.12 bits per heavy atom. The summed E-state index contributed by atoms with van der Waals surface area (Å²) in [5, 5.41) is 16.2. The van der Waals surface area contributed by atoms with Gasteiger partial charge in [-0.15, -0.1) is 11.3 Å². The lowest BCUT2D eigenvalue weighted by atomic mass is 9.92. The average molecular weight is 466 g/mol. The zero-order valence-corrected chi connectivity index (χ0v) is 18.9. The molecule has 1 saturated carbocycles. The maximum Gasteiger partial charge on any atom is 0.405 e. The van der Waals surface area contributed by atoms with Gasteiger partial charge < -0.3 is 15.7 Å². The Labute approximate surface area is 188 Å². The van der Waals surface area contributed by atoms with Crippen molar-refractivity contribution in [3.8, 4) is 10.6 Å². The van der Waals surface area contributed by atoms with Crippen LogP contribution in [0.4, 0.5) is 24.9 Å². The van der Waals surface area contributed by atoms with Gasteiger partial charge in [-0.25, -0.2) is 9.97 Å². The standard InChI is InChI=1S/C22H26F3N5OS/c1-11-12(2)16(8-14(11)9-31)28-19-18(20-29-15-6-4-5-7-17(15)32-20)13(3)27-21(30-19)26-10-22(23,24)25/h4-7,11-12,14,16,31H,8-10H2,1-3H3,(H2,26,27,28,30). The first-order valence-electron chi connectivity index (χ1n) is 10.6. The molecule has 1 aliphatic carbocycles. The molecule has 2 heterocycles. The van der Waals surface area contributed by atoms with Crippen molar-refractivity contribution >= 4 is 33.3 Å². The molecular formula is C22H26F3N5OS. The van der Waals surface area contributed by atoms with Gasteiger partial charge in [0.25, 0.3) is 0 Å². The van der Waals surface area contributed by atoms with Crippen LogP contribution < -0.4 is 10.6 Å². The second-order valence-corrected chi connectivity index (χ2v) is 9.49. The van der Waals surface area contributed by atoms with E-state index in [2.05, 4.69) is 34.4 Å². The zero-order chi connectivity index (χ0) is 23.0. The van der Waals surface area contributed by atoms with E-state index < -0.39 is 12.7 Å². The Morgan fingerprint density at radius 3 is 2.53 bits per heavy atom. The number of aliphatic hydroxyl groups excluding tert-OH is 1. The Morgan fingerprint density at radius 2 is 1.88 bits per heavy atom. The fourth-order valence-electron chi connectivity index (χ4n) is 4.33. The second kappa shape index (κ2) is 8.82. The van der Waals surface area contributed by atoms with Crippen LogP contribution in [0.5, 0.6) is 0 Å². The van der Waals surface area contributed by atoms with Gasteiger partial charge in [0.15, 0.2) is 0 Å². The topological polar surface area (TPSA) is 83.0 Å². The van der Waals surface area contributed by atoms with E-state index in [1.54, 1.807) is 6.92 Å². The van der Waals surface area contributed by atoms with Gasteiger partial charge in [-0.05, 0) is 43.2 Å². The van der Waals surface area contributed by atoms with E-state index in [0.717, 1.165) is 16.6 Å². The van der Waals surface area contributed by atoms with Gasteiger partial charge in [0.1, 0.15) is 17.4 Å². The van der Waals surface area contributed by atoms with Crippen LogP contribution in [0.15, 0.2) is 24.3 Å². The number of alkyl halides is 3. The lowest BCUT2D eigenvalue weighted by molar-refractivity contribution is -0.115. The molecule has 1 aromatic carbocycles. The quantitative estimate of drug-likeness (QED) is 0.470. The number of nitrogens with zero attached hydrogens (tertiary/aromatic N) is 3. The first kappa shape index (κ1) is 22.7. The molecule has 3 aromatic rings. The first-order valence-corrected chi connectivity index (χ1v) is 11.4. The summed E-state index contributed by atoms with van der Waals surface area (Å²) in [6, 6.07) is 7.78. The highest BCUT2D eigenvalue weighted by molar-refractivity contribution is 7.21. The molecule has 3 N–H and O–H groups in total. The molecule has 4 atom stereocenters. The van der Waals surface area contributed by atoms with Crippen molar-refractivity contribution in [1.29, 1.82) is 0 Å². The molecule has 0 spiro atoms. The molecule has 4 unspecified atom stereocenters. The number of anilines is 2. The van der Waals surface area contributed by atoms with E-state index in [9.17, 15) is 18.3 Å². The number of nitrogens with one attached hydrogen (secondary N) is 2. The molecule has 10 heteroatoms. The lowest BCUT2D eigenvalue weighted by Crippen LogP contribution is -2.26. The van der Waals surface area contributed by atoms with Gasteiger partial charge in [0, 0.05) is 12.6 Å². The van der Waals surface area contributed by atoms with E-state index in [-0.39, 0.29) is 30.4 Å². The normalized spacial score (nSPS) is 23.6. The third-order valence-corrected chi connectivity index (χ3v) is 7.42. The van der Waals surface area contributed by atoms with Crippen molar-refractivity contribution in [3.63, 3.8) is 0 Å². The van der Waals surface area contributed by atoms with Gasteiger partial charge in [0.05, 0.1) is 21.5 Å². The highest BCUT2D eigenvalue weighted by Gasteiger charge is 2.38. The van der Waals surface area contributed by atoms with Crippen molar-refractivity contribution < 1.29 is 18.3 Å². The zero-order valence-electron chi connectivity index (χ0n) is 18.1. The first-order chi connectivity index (χ1) is 15.2. The van der Waals surface area contributed by atoms with Crippen LogP contribution in [-0.4, -0.2) is 45.4 Å². The van der Waals surface area contributed by atoms with Crippen LogP contribution >= 0.6 is 11.3 Å². The van der Waals surface area contributed by atoms with Crippen LogP contribution in [0, 0.1) is 24.7 Å². The Kier molecular flexibility index (Phi) is 6.26. The fraction of sp³-hybridized carbons (Fsp3) is 0.500. The molecule has 1 fully saturated rings. The Hall–Kier alpha value is -2.46. The van der Waals surface area contributed by atoms with Gasteiger partial charge in [0.2, 0.25) is 5.95 Å². The third kappa shape index (κ3) is 4.66. The molecule has 1 aliphatic rings. The number of aryl methyl sites for hydroxylation is 1. The SMILES string of the molecule is Cc1nc(NCC(F)(F)F)nc(NC2CC(CO)C(C)C2C)c1-c1nc2ccccc2s1. The van der Waals surface area contributed by atoms with E-state index in [1.165, 1.54) is 11.3 Å². The predicted octanol–water partition coefficient (Wildman–Crippen LogP) is 5.10. The molecular weight excluding hydrogens is 439 g/mol. The van der Waals surface area contributed by atoms with Crippen LogP contribution in [0.3, 0.4) is 0 Å². The smallest absolute Gasteiger partial charge is 0.396 e. The maximum absolute atomic E-state index is 12.7. The number of rotatable bonds is 6.